The molecule has 0 saturated heterocycles. The summed E-state index contributed by atoms with van der Waals surface area (Å²) in [7, 11) is 0. The molecule has 0 heterocycles. The number of hydrogen-bond donors (Lipinski definition) is 6. The van der Waals surface area contributed by atoms with E-state index in [1.54, 1.807) is 0 Å². The van der Waals surface area contributed by atoms with Gasteiger partial charge in [-0.15, -0.1) is 0 Å². The fraction of sp³-hybridized carbons (Fsp3) is 0.692. The van der Waals surface area contributed by atoms with E-state index in [4.69, 9.17) is 114 Å². The number of carbonyl (C=O) groups is 24. The Morgan fingerprint density at radius 2 is 0.227 bits per heavy atom. The summed E-state index contributed by atoms with van der Waals surface area (Å²) in [5, 5.41) is 57.7. The topological polar surface area (TPSA) is 753 Å². The van der Waals surface area contributed by atoms with Crippen molar-refractivity contribution >= 4 is 143 Å². The van der Waals surface area contributed by atoms with Crippen LogP contribution in [0.2, 0.25) is 0 Å². The molecule has 54 heteroatoms. The van der Waals surface area contributed by atoms with E-state index in [2.05, 4.69) is 0 Å². The van der Waals surface area contributed by atoms with Crippen LogP contribution >= 0.6 is 0 Å². The monoisotopic (exact) mass is 1910 g/mol. The van der Waals surface area contributed by atoms with Gasteiger partial charge >= 0.3 is 143 Å². The lowest BCUT2D eigenvalue weighted by atomic mass is 10.0. The minimum absolute atomic E-state index is 0.618. The first-order valence-electron chi connectivity index (χ1n) is 39.7. The summed E-state index contributed by atoms with van der Waals surface area (Å²) in [5.74, 6) is -39.4. The molecule has 0 bridgehead atoms. The molecule has 0 radical (unpaired) electrons. The van der Waals surface area contributed by atoms with Gasteiger partial charge in [0, 0.05) is 0 Å². The molecule has 0 aliphatic rings. The summed E-state index contributed by atoms with van der Waals surface area (Å²) in [5.41, 5.74) is 0. The number of carbonyl (C=O) groups excluding carboxylic acids is 24. The molecule has 24 unspecified atom stereocenters. The summed E-state index contributed by atoms with van der Waals surface area (Å²) in [6, 6.07) is 0. The molecule has 0 aromatic heterocycles. The van der Waals surface area contributed by atoms with Crippen molar-refractivity contribution in [3.8, 4) is 0 Å². The van der Waals surface area contributed by atoms with Crippen molar-refractivity contribution in [3.63, 3.8) is 0 Å². The van der Waals surface area contributed by atoms with Gasteiger partial charge in [0.15, 0.2) is 134 Å². The van der Waals surface area contributed by atoms with E-state index in [0.29, 0.717) is 27.7 Å². The molecule has 746 valence electrons. The molecule has 0 aliphatic carbocycles. The molecule has 0 rings (SSSR count). The van der Waals surface area contributed by atoms with Crippen LogP contribution in [0.1, 0.15) is 166 Å². The Bertz CT molecular complexity index is 3830. The van der Waals surface area contributed by atoms with Crippen molar-refractivity contribution in [3.05, 3.63) is 0 Å². The van der Waals surface area contributed by atoms with Gasteiger partial charge in [-0.2, -0.15) is 0 Å². The molecule has 6 N–H and O–H groups in total. The largest absolute Gasteiger partial charge is 0.459 e. The van der Waals surface area contributed by atoms with Crippen LogP contribution in [0.5, 0.6) is 0 Å². The number of esters is 24. The van der Waals surface area contributed by atoms with E-state index in [1.165, 1.54) is 0 Å². The van der Waals surface area contributed by atoms with Crippen LogP contribution in [-0.2, 0) is 229 Å². The van der Waals surface area contributed by atoms with Gasteiger partial charge in [0.25, 0.3) is 0 Å². The van der Waals surface area contributed by atoms with Gasteiger partial charge in [0.2, 0.25) is 0 Å². The lowest BCUT2D eigenvalue weighted by molar-refractivity contribution is -0.221. The molecule has 0 amide bonds. The average molecular weight is 1910 g/mol. The Hall–Kier alpha value is -13.0. The normalized spacial score (nSPS) is 17.4. The molecule has 132 heavy (non-hydrogen) atoms. The molecule has 0 aromatic rings. The van der Waals surface area contributed by atoms with Gasteiger partial charge in [-0.3, -0.25) is 0 Å². The van der Waals surface area contributed by atoms with Gasteiger partial charge in [-0.05, 0) is 166 Å². The van der Waals surface area contributed by atoms with Crippen molar-refractivity contribution in [2.75, 3.05) is 13.2 Å². The van der Waals surface area contributed by atoms with Crippen molar-refractivity contribution in [2.45, 2.75) is 337 Å². The van der Waals surface area contributed by atoms with E-state index in [1.807, 2.05) is 0 Å². The molecular weight excluding hydrogens is 1800 g/mol. The van der Waals surface area contributed by atoms with Gasteiger partial charge in [-0.1, -0.05) is 0 Å². The second-order valence-corrected chi connectivity index (χ2v) is 28.5. The zero-order valence-electron chi connectivity index (χ0n) is 75.9. The third-order valence-electron chi connectivity index (χ3n) is 16.2. The maximum Gasteiger partial charge on any atom is 0.347 e. The van der Waals surface area contributed by atoms with Gasteiger partial charge in [0.05, 0.1) is 0 Å². The number of ether oxygens (including phenoxy) is 24. The molecule has 54 nitrogen and oxygen atoms in total. The Kier molecular flexibility index (Phi) is 51.0. The predicted molar refractivity (Wildman–Crippen MR) is 411 cm³/mol. The van der Waals surface area contributed by atoms with Crippen LogP contribution in [-0.4, -0.2) is 358 Å². The summed E-state index contributed by atoms with van der Waals surface area (Å²) < 4.78 is 123. The van der Waals surface area contributed by atoms with Crippen molar-refractivity contribution < 1.29 is 259 Å². The SMILES string of the molecule is CC(O)C(=O)OC(C)C(=O)OC(C)C(=O)OC(C)C(=O)OC[C@H](OC(=O)C(C)OC(=O)C(C)OC(=O)C(C)OC(=O)C(C)O)[C@@H](OC(=O)C(C)OC(=O)C(C)OC(=O)C(C)OC(=O)C(C)O)[C@H](OC(=O)C(C)OC(=O)C(C)OC(=O)C(C)OC(=O)C(C)O)[C@@H](COC(=O)C(C)OC(=O)C(C)OC(=O)C(C)OC(=O)C(C)O)OC(=O)C(C)OC(=O)C(C)OC(=O)C(C)OC(=O)C(C)O. The first-order valence-corrected chi connectivity index (χ1v) is 39.7. The number of aliphatic hydroxyl groups excluding tert-OH is 6. The molecule has 28 atom stereocenters. The zero-order valence-corrected chi connectivity index (χ0v) is 75.9. The smallest absolute Gasteiger partial charge is 0.347 e. The van der Waals surface area contributed by atoms with Crippen LogP contribution in [0.15, 0.2) is 0 Å². The van der Waals surface area contributed by atoms with Crippen LogP contribution in [0.4, 0.5) is 0 Å². The predicted octanol–water partition coefficient (Wildman–Crippen LogP) is -5.22. The Labute approximate surface area is 750 Å². The number of rotatable bonds is 53. The van der Waals surface area contributed by atoms with E-state index in [-0.39, 0.29) is 0 Å². The third-order valence-corrected chi connectivity index (χ3v) is 16.2. The second kappa shape index (κ2) is 56.6. The second-order valence-electron chi connectivity index (χ2n) is 28.5. The first kappa shape index (κ1) is 119. The Morgan fingerprint density at radius 1 is 0.136 bits per heavy atom. The van der Waals surface area contributed by atoms with Gasteiger partial charge < -0.3 is 144 Å². The fourth-order valence-electron chi connectivity index (χ4n) is 8.36. The van der Waals surface area contributed by atoms with Crippen LogP contribution in [0.25, 0.3) is 0 Å². The Balaban J connectivity index is 9.80. The van der Waals surface area contributed by atoms with E-state index in [9.17, 15) is 136 Å². The number of aliphatic hydroxyl groups is 6. The third kappa shape index (κ3) is 42.3. The average Bonchev–Trinajstić information content (AvgIpc) is 0.806. The first-order chi connectivity index (χ1) is 60.8. The van der Waals surface area contributed by atoms with Crippen molar-refractivity contribution in [1.29, 1.82) is 0 Å². The summed E-state index contributed by atoms with van der Waals surface area (Å²) in [6.07, 6.45) is -62.4. The van der Waals surface area contributed by atoms with Crippen molar-refractivity contribution in [2.24, 2.45) is 0 Å². The number of hydrogen-bond acceptors (Lipinski definition) is 54. The Morgan fingerprint density at radius 3 is 0.341 bits per heavy atom. The van der Waals surface area contributed by atoms with Crippen molar-refractivity contribution in [1.82, 2.24) is 0 Å². The van der Waals surface area contributed by atoms with Crippen LogP contribution in [0, 0.1) is 0 Å². The maximum absolute atomic E-state index is 15.1. The highest BCUT2D eigenvalue weighted by molar-refractivity contribution is 5.91. The lowest BCUT2D eigenvalue weighted by Gasteiger charge is -2.37. The standard InChI is InChI=1S/C78H110O54/c1-27(79)55(85)111-35(9)63(93)119-41(15)69(99)117-33(7)61(91)109-25-51(129-75(105)47(21)125-71(101)43(17)121-65(95)37(11)113-57(87)29(3)81)53(131-77(107)49(23)127-73(103)45(19)123-67(97)39(13)115-59(89)31(5)83)54(132-78(108)50(24)128-74(104)46(20)124-68(98)40(14)116-60(90)32(6)84)52(130-76(106)48(22)126-72(102)44(18)122-66(96)38(12)114-58(88)30(4)82)26-110-62(92)34(8)118-70(100)42(16)120-64(94)36(10)112-56(86)28(2)80/h27-54,79-84H,25-26H2,1-24H3/t27?,28?,29?,30?,31?,32?,33?,34?,35?,36?,37?,38?,39?,40?,41?,42?,43?,44?,45?,46?,47?,48?,49?,50?,51-,52+,53-,54-/m1/s1. The highest BCUT2D eigenvalue weighted by atomic mass is 16.7. The molecule has 0 saturated carbocycles. The fourth-order valence-corrected chi connectivity index (χ4v) is 8.36. The minimum Gasteiger partial charge on any atom is -0.459 e. The lowest BCUT2D eigenvalue weighted by Crippen LogP contribution is -2.57. The van der Waals surface area contributed by atoms with E-state index in [0.717, 1.165) is 138 Å². The van der Waals surface area contributed by atoms with Gasteiger partial charge in [0.1, 0.15) is 49.8 Å². The molecule has 0 spiro atoms. The maximum atomic E-state index is 15.1. The highest BCUT2D eigenvalue weighted by Crippen LogP contribution is 2.26. The van der Waals surface area contributed by atoms with Crippen LogP contribution in [0.3, 0.4) is 0 Å². The molecule has 0 aliphatic heterocycles. The summed E-state index contributed by atoms with van der Waals surface area (Å²) >= 11 is 0. The molecule has 0 fully saturated rings. The quantitative estimate of drug-likeness (QED) is 0.0245. The molecule has 0 aromatic carbocycles. The van der Waals surface area contributed by atoms with Gasteiger partial charge in [-0.25, -0.2) is 115 Å². The van der Waals surface area contributed by atoms with E-state index < -0.39 is 327 Å². The van der Waals surface area contributed by atoms with Crippen LogP contribution < -0.4 is 0 Å². The summed E-state index contributed by atoms with van der Waals surface area (Å²) in [4.78, 5) is 321. The zero-order chi connectivity index (χ0) is 102. The molecular formula is C78H110O54. The highest BCUT2D eigenvalue weighted by Gasteiger charge is 2.50. The summed E-state index contributed by atoms with van der Waals surface area (Å²) in [6.45, 7) is 16.3. The minimum atomic E-state index is -3.28. The van der Waals surface area contributed by atoms with E-state index >= 15 is 9.59 Å².